The van der Waals surface area contributed by atoms with Crippen LogP contribution in [0.3, 0.4) is 0 Å². The molecule has 30 heavy (non-hydrogen) atoms. The minimum absolute atomic E-state index is 0.0402. The van der Waals surface area contributed by atoms with Crippen molar-refractivity contribution in [2.75, 3.05) is 18.4 Å². The first-order valence-electron chi connectivity index (χ1n) is 9.45. The molecule has 0 aromatic heterocycles. The van der Waals surface area contributed by atoms with Crippen LogP contribution in [0, 0.1) is 6.92 Å². The second-order valence-electron chi connectivity index (χ2n) is 8.05. The summed E-state index contributed by atoms with van der Waals surface area (Å²) in [5.41, 5.74) is 3.12. The van der Waals surface area contributed by atoms with Crippen LogP contribution < -0.4 is 10.0 Å². The van der Waals surface area contributed by atoms with Crippen LogP contribution in [0.1, 0.15) is 56.2 Å². The number of hydrogen-bond donors (Lipinski definition) is 2. The van der Waals surface area contributed by atoms with Crippen molar-refractivity contribution in [1.29, 1.82) is 0 Å². The van der Waals surface area contributed by atoms with Crippen molar-refractivity contribution in [3.8, 4) is 0 Å². The summed E-state index contributed by atoms with van der Waals surface area (Å²) in [6.07, 6.45) is -4.62. The second-order valence-corrected chi connectivity index (χ2v) is 9.91. The van der Waals surface area contributed by atoms with E-state index in [1.165, 1.54) is 0 Å². The number of β-lactam (4-membered cyclic amide) rings is 1. The number of sulfonamides is 1. The summed E-state index contributed by atoms with van der Waals surface area (Å²) in [6, 6.07) is 2.72. The maximum absolute atomic E-state index is 12.4. The molecule has 0 bridgehead atoms. The van der Waals surface area contributed by atoms with Gasteiger partial charge in [0.1, 0.15) is 6.54 Å². The molecule has 1 atom stereocenters. The lowest BCUT2D eigenvalue weighted by atomic mass is 9.90. The zero-order valence-corrected chi connectivity index (χ0v) is 18.2. The summed E-state index contributed by atoms with van der Waals surface area (Å²) in [5, 5.41) is 0.834. The van der Waals surface area contributed by atoms with Gasteiger partial charge in [0.25, 0.3) is 0 Å². The van der Waals surface area contributed by atoms with E-state index in [0.29, 0.717) is 10.6 Å². The van der Waals surface area contributed by atoms with Crippen molar-refractivity contribution >= 4 is 27.6 Å². The monoisotopic (exact) mass is 449 g/mol. The maximum Gasteiger partial charge on any atom is 0.406 e. The zero-order chi connectivity index (χ0) is 23.0. The first-order chi connectivity index (χ1) is 13.6. The number of carbonyl (C=O) groups is 2. The molecule has 1 aromatic carbocycles. The van der Waals surface area contributed by atoms with Crippen molar-refractivity contribution in [3.63, 3.8) is 0 Å². The number of likely N-dealkylation sites (tertiary alicyclic amines) is 1. The normalized spacial score (nSPS) is 17.3. The first kappa shape index (κ1) is 24.0. The molecule has 1 saturated heterocycles. The highest BCUT2D eigenvalue weighted by Gasteiger charge is 2.50. The third-order valence-corrected chi connectivity index (χ3v) is 6.35. The predicted octanol–water partition coefficient (Wildman–Crippen LogP) is 3.47. The highest BCUT2D eigenvalue weighted by molar-refractivity contribution is 7.91. The van der Waals surface area contributed by atoms with Crippen LogP contribution in [0.4, 0.5) is 23.7 Å². The van der Waals surface area contributed by atoms with Crippen LogP contribution in [0.25, 0.3) is 0 Å². The molecule has 0 radical (unpaired) electrons. The summed E-state index contributed by atoms with van der Waals surface area (Å²) < 4.78 is 63.6. The van der Waals surface area contributed by atoms with Gasteiger partial charge in [0.05, 0.1) is 0 Å². The van der Waals surface area contributed by atoms with Crippen molar-refractivity contribution in [1.82, 2.24) is 9.62 Å². The predicted molar refractivity (Wildman–Crippen MR) is 107 cm³/mol. The second kappa shape index (κ2) is 8.44. The van der Waals surface area contributed by atoms with Gasteiger partial charge in [-0.3, -0.25) is 4.79 Å². The Morgan fingerprint density at radius 2 is 1.67 bits per heavy atom. The van der Waals surface area contributed by atoms with Gasteiger partial charge < -0.3 is 10.2 Å². The van der Waals surface area contributed by atoms with E-state index in [1.807, 2.05) is 46.8 Å². The number of carbonyl (C=O) groups excluding carboxylic acids is 2. The van der Waals surface area contributed by atoms with E-state index in [1.54, 1.807) is 4.72 Å². The molecule has 7 nitrogen and oxygen atoms in total. The lowest BCUT2D eigenvalue weighted by Crippen LogP contribution is -2.64. The summed E-state index contributed by atoms with van der Waals surface area (Å²) in [4.78, 5) is 24.6. The minimum Gasteiger partial charge on any atom is -0.330 e. The number of rotatable bonds is 6. The SMILES string of the molecule is Cc1cc(C(C)C)c(NC(=O)NS(=O)(=O)C2CN(CC(F)(F)F)C2=O)c(C(C)C)c1. The molecule has 3 amide bonds. The number of nitrogens with zero attached hydrogens (tertiary/aromatic N) is 1. The fraction of sp³-hybridized carbons (Fsp3) is 0.579. The molecule has 2 N–H and O–H groups in total. The Morgan fingerprint density at radius 3 is 2.07 bits per heavy atom. The van der Waals surface area contributed by atoms with Crippen molar-refractivity contribution < 1.29 is 31.2 Å². The molecule has 168 valence electrons. The number of benzene rings is 1. The van der Waals surface area contributed by atoms with Crippen LogP contribution in [0.5, 0.6) is 0 Å². The molecule has 0 aliphatic carbocycles. The van der Waals surface area contributed by atoms with Crippen molar-refractivity contribution in [2.24, 2.45) is 0 Å². The minimum atomic E-state index is -4.62. The van der Waals surface area contributed by atoms with E-state index in [0.717, 1.165) is 16.7 Å². The van der Waals surface area contributed by atoms with Crippen LogP contribution in [0.2, 0.25) is 0 Å². The molecule has 1 fully saturated rings. The van der Waals surface area contributed by atoms with E-state index in [9.17, 15) is 31.2 Å². The van der Waals surface area contributed by atoms with E-state index in [-0.39, 0.29) is 11.8 Å². The Balaban J connectivity index is 2.17. The quantitative estimate of drug-likeness (QED) is 0.650. The fourth-order valence-electron chi connectivity index (χ4n) is 3.29. The molecule has 1 heterocycles. The van der Waals surface area contributed by atoms with Gasteiger partial charge in [0.15, 0.2) is 5.25 Å². The number of aryl methyl sites for hydroxylation is 1. The van der Waals surface area contributed by atoms with Crippen LogP contribution in [-0.4, -0.2) is 49.8 Å². The fourth-order valence-corrected chi connectivity index (χ4v) is 4.53. The average molecular weight is 449 g/mol. The Bertz CT molecular complexity index is 914. The van der Waals surface area contributed by atoms with Crippen LogP contribution in [-0.2, 0) is 14.8 Å². The van der Waals surface area contributed by atoms with Gasteiger partial charge in [-0.25, -0.2) is 17.9 Å². The standard InChI is InChI=1S/C19H26F3N3O4S/c1-10(2)13-6-12(5)7-14(11(3)4)16(13)23-18(27)24-30(28,29)15-8-25(17(15)26)9-19(20,21)22/h6-7,10-11,15H,8-9H2,1-5H3,(H2,23,24,27). The van der Waals surface area contributed by atoms with Crippen molar-refractivity contribution in [2.45, 2.75) is 57.9 Å². The Labute approximate surface area is 174 Å². The molecule has 0 spiro atoms. The number of nitrogens with one attached hydrogen (secondary N) is 2. The third kappa shape index (κ3) is 5.44. The molecule has 0 saturated carbocycles. The molecule has 1 unspecified atom stereocenters. The van der Waals surface area contributed by atoms with Gasteiger partial charge in [0, 0.05) is 12.2 Å². The Hall–Kier alpha value is -2.30. The molecule has 2 rings (SSSR count). The largest absolute Gasteiger partial charge is 0.406 e. The van der Waals surface area contributed by atoms with Gasteiger partial charge in [-0.05, 0) is 29.9 Å². The van der Waals surface area contributed by atoms with E-state index in [2.05, 4.69) is 5.32 Å². The van der Waals surface area contributed by atoms with Crippen LogP contribution in [0.15, 0.2) is 12.1 Å². The molecular formula is C19H26F3N3O4S. The Kier molecular flexibility index (Phi) is 6.75. The number of amides is 3. The lowest BCUT2D eigenvalue weighted by Gasteiger charge is -2.37. The number of alkyl halides is 3. The Morgan fingerprint density at radius 1 is 1.17 bits per heavy atom. The highest BCUT2D eigenvalue weighted by Crippen LogP contribution is 2.34. The lowest BCUT2D eigenvalue weighted by molar-refractivity contribution is -0.169. The zero-order valence-electron chi connectivity index (χ0n) is 17.4. The molecule has 1 aromatic rings. The topological polar surface area (TPSA) is 95.6 Å². The van der Waals surface area contributed by atoms with Gasteiger partial charge in [0.2, 0.25) is 15.9 Å². The van der Waals surface area contributed by atoms with Crippen molar-refractivity contribution in [3.05, 3.63) is 28.8 Å². The molecule has 1 aliphatic rings. The summed E-state index contributed by atoms with van der Waals surface area (Å²) >= 11 is 0. The molecule has 1 aliphatic heterocycles. The van der Waals surface area contributed by atoms with Gasteiger partial charge in [-0.2, -0.15) is 13.2 Å². The average Bonchev–Trinajstić information content (AvgIpc) is 2.57. The maximum atomic E-state index is 12.4. The number of anilines is 1. The van der Waals surface area contributed by atoms with Gasteiger partial charge >= 0.3 is 12.2 Å². The van der Waals surface area contributed by atoms with Gasteiger partial charge in [-0.15, -0.1) is 0 Å². The summed E-state index contributed by atoms with van der Waals surface area (Å²) in [5.74, 6) is -1.11. The van der Waals surface area contributed by atoms with E-state index >= 15 is 0 Å². The number of hydrogen-bond acceptors (Lipinski definition) is 4. The first-order valence-corrected chi connectivity index (χ1v) is 11.0. The summed E-state index contributed by atoms with van der Waals surface area (Å²) in [6.45, 7) is 7.49. The smallest absolute Gasteiger partial charge is 0.330 e. The molecule has 11 heteroatoms. The number of halogens is 3. The van der Waals surface area contributed by atoms with Crippen LogP contribution >= 0.6 is 0 Å². The van der Waals surface area contributed by atoms with E-state index in [4.69, 9.17) is 0 Å². The third-order valence-electron chi connectivity index (χ3n) is 4.78. The summed E-state index contributed by atoms with van der Waals surface area (Å²) in [7, 11) is -4.48. The molecular weight excluding hydrogens is 423 g/mol. The highest BCUT2D eigenvalue weighted by atomic mass is 32.2. The van der Waals surface area contributed by atoms with E-state index < -0.39 is 46.5 Å². The van der Waals surface area contributed by atoms with Gasteiger partial charge in [-0.1, -0.05) is 45.4 Å². The number of urea groups is 1.